The second-order valence-corrected chi connectivity index (χ2v) is 4.41. The average Bonchev–Trinajstić information content (AvgIpc) is 2.88. The molecule has 0 fully saturated rings. The van der Waals surface area contributed by atoms with Crippen LogP contribution >= 0.6 is 0 Å². The second kappa shape index (κ2) is 4.61. The lowest BCUT2D eigenvalue weighted by Gasteiger charge is -2.03. The first kappa shape index (κ1) is 11.0. The van der Waals surface area contributed by atoms with Crippen LogP contribution in [0, 0.1) is 0 Å². The summed E-state index contributed by atoms with van der Waals surface area (Å²) in [4.78, 5) is 12.2. The maximum absolute atomic E-state index is 4.47. The van der Waals surface area contributed by atoms with Crippen molar-refractivity contribution in [3.05, 3.63) is 48.4 Å². The van der Waals surface area contributed by atoms with Crippen molar-refractivity contribution in [1.82, 2.24) is 15.0 Å². The Labute approximate surface area is 106 Å². The van der Waals surface area contributed by atoms with Gasteiger partial charge in [-0.1, -0.05) is 25.5 Å². The summed E-state index contributed by atoms with van der Waals surface area (Å²) in [7, 11) is 0. The van der Waals surface area contributed by atoms with E-state index in [1.165, 1.54) is 10.9 Å². The molecular formula is C15H15N3. The summed E-state index contributed by atoms with van der Waals surface area (Å²) in [5.41, 5.74) is 3.40. The van der Waals surface area contributed by atoms with Gasteiger partial charge in [0.05, 0.1) is 0 Å². The number of nitrogens with one attached hydrogen (secondary N) is 1. The number of hydrogen-bond acceptors (Lipinski definition) is 2. The molecule has 0 bridgehead atoms. The van der Waals surface area contributed by atoms with Crippen LogP contribution < -0.4 is 0 Å². The molecule has 0 saturated carbocycles. The highest BCUT2D eigenvalue weighted by Gasteiger charge is 2.06. The molecule has 0 atom stereocenters. The van der Waals surface area contributed by atoms with E-state index in [2.05, 4.69) is 40.1 Å². The minimum atomic E-state index is 0.792. The third-order valence-corrected chi connectivity index (χ3v) is 3.08. The topological polar surface area (TPSA) is 41.6 Å². The van der Waals surface area contributed by atoms with E-state index in [4.69, 9.17) is 0 Å². The Morgan fingerprint density at radius 1 is 1.11 bits per heavy atom. The van der Waals surface area contributed by atoms with E-state index in [0.717, 1.165) is 29.7 Å². The van der Waals surface area contributed by atoms with Crippen molar-refractivity contribution < 1.29 is 0 Å². The van der Waals surface area contributed by atoms with Gasteiger partial charge >= 0.3 is 0 Å². The lowest BCUT2D eigenvalue weighted by atomic mass is 10.1. The zero-order chi connectivity index (χ0) is 12.4. The summed E-state index contributed by atoms with van der Waals surface area (Å²) in [6.45, 7) is 2.16. The smallest absolute Gasteiger partial charge is 0.159 e. The van der Waals surface area contributed by atoms with Gasteiger partial charge in [-0.25, -0.2) is 9.97 Å². The quantitative estimate of drug-likeness (QED) is 0.756. The first-order valence-electron chi connectivity index (χ1n) is 6.26. The lowest BCUT2D eigenvalue weighted by molar-refractivity contribution is 0.902. The molecule has 3 nitrogen and oxygen atoms in total. The highest BCUT2D eigenvalue weighted by atomic mass is 14.9. The Bertz CT molecular complexity index is 653. The molecule has 0 aliphatic rings. The largest absolute Gasteiger partial charge is 0.361 e. The van der Waals surface area contributed by atoms with Gasteiger partial charge in [0.1, 0.15) is 0 Å². The molecular weight excluding hydrogens is 222 g/mol. The molecule has 0 saturated heterocycles. The second-order valence-electron chi connectivity index (χ2n) is 4.41. The first-order valence-corrected chi connectivity index (χ1v) is 6.26. The molecule has 1 aromatic carbocycles. The molecule has 2 aromatic heterocycles. The van der Waals surface area contributed by atoms with E-state index in [9.17, 15) is 0 Å². The summed E-state index contributed by atoms with van der Waals surface area (Å²) in [6.07, 6.45) is 7.96. The van der Waals surface area contributed by atoms with Crippen LogP contribution in [0.5, 0.6) is 0 Å². The minimum absolute atomic E-state index is 0.792. The Hall–Kier alpha value is -2.16. The third-order valence-electron chi connectivity index (χ3n) is 3.08. The maximum Gasteiger partial charge on any atom is 0.159 e. The first-order chi connectivity index (χ1) is 8.88. The molecule has 90 valence electrons. The van der Waals surface area contributed by atoms with Gasteiger partial charge in [-0.2, -0.15) is 0 Å². The lowest BCUT2D eigenvalue weighted by Crippen LogP contribution is -1.92. The normalized spacial score (nSPS) is 10.9. The summed E-state index contributed by atoms with van der Waals surface area (Å²) in [6, 6.07) is 8.21. The molecule has 3 rings (SSSR count). The van der Waals surface area contributed by atoms with Crippen molar-refractivity contribution >= 4 is 10.9 Å². The van der Waals surface area contributed by atoms with Gasteiger partial charge in [0.25, 0.3) is 0 Å². The SMILES string of the molecule is CCCc1cnc(-c2cccc3[nH]ccc23)nc1. The third kappa shape index (κ3) is 1.88. The zero-order valence-electron chi connectivity index (χ0n) is 10.4. The molecule has 0 radical (unpaired) electrons. The van der Waals surface area contributed by atoms with E-state index < -0.39 is 0 Å². The van der Waals surface area contributed by atoms with Crippen LogP contribution in [0.25, 0.3) is 22.3 Å². The molecule has 2 heterocycles. The number of aryl methyl sites for hydroxylation is 1. The average molecular weight is 237 g/mol. The number of aromatic nitrogens is 3. The summed E-state index contributed by atoms with van der Waals surface area (Å²) >= 11 is 0. The Morgan fingerprint density at radius 3 is 2.72 bits per heavy atom. The van der Waals surface area contributed by atoms with Crippen LogP contribution in [0.2, 0.25) is 0 Å². The van der Waals surface area contributed by atoms with Crippen LogP contribution in [0.4, 0.5) is 0 Å². The van der Waals surface area contributed by atoms with Gasteiger partial charge in [0.15, 0.2) is 5.82 Å². The van der Waals surface area contributed by atoms with Crippen molar-refractivity contribution in [3.8, 4) is 11.4 Å². The summed E-state index contributed by atoms with van der Waals surface area (Å²) in [5.74, 6) is 0.792. The van der Waals surface area contributed by atoms with Crippen LogP contribution in [0.1, 0.15) is 18.9 Å². The fraction of sp³-hybridized carbons (Fsp3) is 0.200. The monoisotopic (exact) mass is 237 g/mol. The van der Waals surface area contributed by atoms with E-state index in [1.807, 2.05) is 24.7 Å². The molecule has 0 aliphatic carbocycles. The molecule has 1 N–H and O–H groups in total. The maximum atomic E-state index is 4.47. The fourth-order valence-electron chi connectivity index (χ4n) is 2.19. The Kier molecular flexibility index (Phi) is 2.81. The Balaban J connectivity index is 2.06. The fourth-order valence-corrected chi connectivity index (χ4v) is 2.19. The number of hydrogen-bond donors (Lipinski definition) is 1. The highest BCUT2D eigenvalue weighted by molar-refractivity contribution is 5.93. The van der Waals surface area contributed by atoms with Crippen LogP contribution in [-0.2, 0) is 6.42 Å². The van der Waals surface area contributed by atoms with E-state index in [-0.39, 0.29) is 0 Å². The van der Waals surface area contributed by atoms with Crippen molar-refractivity contribution in [1.29, 1.82) is 0 Å². The number of fused-ring (bicyclic) bond motifs is 1. The molecule has 0 spiro atoms. The predicted molar refractivity (Wildman–Crippen MR) is 73.3 cm³/mol. The van der Waals surface area contributed by atoms with Gasteiger partial charge in [-0.15, -0.1) is 0 Å². The van der Waals surface area contributed by atoms with E-state index >= 15 is 0 Å². The molecule has 0 unspecified atom stereocenters. The van der Waals surface area contributed by atoms with Gasteiger partial charge in [0, 0.05) is 35.1 Å². The molecule has 0 aliphatic heterocycles. The molecule has 3 heteroatoms. The van der Waals surface area contributed by atoms with Crippen molar-refractivity contribution in [2.24, 2.45) is 0 Å². The van der Waals surface area contributed by atoms with E-state index in [1.54, 1.807) is 0 Å². The summed E-state index contributed by atoms with van der Waals surface area (Å²) in [5, 5.41) is 1.17. The van der Waals surface area contributed by atoms with E-state index in [0.29, 0.717) is 0 Å². The highest BCUT2D eigenvalue weighted by Crippen LogP contribution is 2.25. The summed E-state index contributed by atoms with van der Waals surface area (Å²) < 4.78 is 0. The number of aromatic amines is 1. The van der Waals surface area contributed by atoms with Gasteiger partial charge < -0.3 is 4.98 Å². The zero-order valence-corrected chi connectivity index (χ0v) is 10.4. The Morgan fingerprint density at radius 2 is 1.94 bits per heavy atom. The van der Waals surface area contributed by atoms with Gasteiger partial charge in [-0.3, -0.25) is 0 Å². The van der Waals surface area contributed by atoms with Crippen molar-refractivity contribution in [3.63, 3.8) is 0 Å². The van der Waals surface area contributed by atoms with Crippen LogP contribution in [-0.4, -0.2) is 15.0 Å². The standard InChI is InChI=1S/C15H15N3/c1-2-4-11-9-17-15(18-10-11)13-5-3-6-14-12(13)7-8-16-14/h3,5-10,16H,2,4H2,1H3. The minimum Gasteiger partial charge on any atom is -0.361 e. The van der Waals surface area contributed by atoms with Gasteiger partial charge in [0.2, 0.25) is 0 Å². The molecule has 3 aromatic rings. The van der Waals surface area contributed by atoms with Crippen molar-refractivity contribution in [2.45, 2.75) is 19.8 Å². The molecule has 0 amide bonds. The van der Waals surface area contributed by atoms with Crippen LogP contribution in [0.15, 0.2) is 42.9 Å². The van der Waals surface area contributed by atoms with Crippen LogP contribution in [0.3, 0.4) is 0 Å². The number of benzene rings is 1. The molecule has 18 heavy (non-hydrogen) atoms. The van der Waals surface area contributed by atoms with Gasteiger partial charge in [-0.05, 0) is 24.1 Å². The number of nitrogens with zero attached hydrogens (tertiary/aromatic N) is 2. The predicted octanol–water partition coefficient (Wildman–Crippen LogP) is 3.58. The van der Waals surface area contributed by atoms with Crippen molar-refractivity contribution in [2.75, 3.05) is 0 Å². The number of rotatable bonds is 3. The number of H-pyrrole nitrogens is 1.